The maximum Gasteiger partial charge on any atom is 0.255 e. The summed E-state index contributed by atoms with van der Waals surface area (Å²) in [5.74, 6) is -0.195. The van der Waals surface area contributed by atoms with Gasteiger partial charge in [-0.1, -0.05) is 18.2 Å². The molecule has 7 aromatic rings. The normalized spacial score (nSPS) is 11.2. The van der Waals surface area contributed by atoms with Crippen molar-refractivity contribution in [1.82, 2.24) is 35.1 Å². The van der Waals surface area contributed by atoms with E-state index in [0.717, 1.165) is 50.1 Å². The number of carbonyl (C=O) groups is 1. The quantitative estimate of drug-likeness (QED) is 0.267. The van der Waals surface area contributed by atoms with Crippen LogP contribution in [0.2, 0.25) is 0 Å². The average Bonchev–Trinajstić information content (AvgIpc) is 3.62. The summed E-state index contributed by atoms with van der Waals surface area (Å²) >= 11 is 0. The second-order valence-corrected chi connectivity index (χ2v) is 9.02. The van der Waals surface area contributed by atoms with Gasteiger partial charge in [-0.2, -0.15) is 5.10 Å². The molecule has 1 amide bonds. The minimum atomic E-state index is -0.195. The molecule has 1 aromatic carbocycles. The highest BCUT2D eigenvalue weighted by molar-refractivity contribution is 6.04. The van der Waals surface area contributed by atoms with Crippen LogP contribution >= 0.6 is 0 Å². The largest absolute Gasteiger partial charge is 0.353 e. The molecule has 0 aliphatic heterocycles. The Hall–Kier alpha value is -5.70. The maximum absolute atomic E-state index is 12.6. The van der Waals surface area contributed by atoms with Crippen molar-refractivity contribution >= 4 is 33.5 Å². The summed E-state index contributed by atoms with van der Waals surface area (Å²) in [5, 5.41) is 12.3. The van der Waals surface area contributed by atoms with Gasteiger partial charge in [-0.05, 0) is 48.5 Å². The van der Waals surface area contributed by atoms with Gasteiger partial charge in [-0.25, -0.2) is 4.98 Å². The van der Waals surface area contributed by atoms with Crippen molar-refractivity contribution in [3.63, 3.8) is 0 Å². The van der Waals surface area contributed by atoms with Crippen LogP contribution < -0.4 is 5.32 Å². The molecule has 0 saturated heterocycles. The van der Waals surface area contributed by atoms with E-state index in [1.807, 2.05) is 54.6 Å². The second kappa shape index (κ2) is 9.31. The van der Waals surface area contributed by atoms with E-state index in [1.54, 1.807) is 49.3 Å². The van der Waals surface area contributed by atoms with Crippen molar-refractivity contribution in [2.45, 2.75) is 0 Å². The lowest BCUT2D eigenvalue weighted by molar-refractivity contribution is 0.102. The molecule has 9 heteroatoms. The van der Waals surface area contributed by atoms with Gasteiger partial charge in [-0.15, -0.1) is 0 Å². The fourth-order valence-electron chi connectivity index (χ4n) is 4.64. The molecule has 9 nitrogen and oxygen atoms in total. The molecule has 0 aliphatic rings. The predicted molar refractivity (Wildman–Crippen MR) is 150 cm³/mol. The zero-order valence-electron chi connectivity index (χ0n) is 20.5. The minimum Gasteiger partial charge on any atom is -0.353 e. The Kier molecular flexibility index (Phi) is 5.37. The van der Waals surface area contributed by atoms with Gasteiger partial charge < -0.3 is 10.3 Å². The lowest BCUT2D eigenvalue weighted by atomic mass is 10.1. The summed E-state index contributed by atoms with van der Waals surface area (Å²) in [6, 6.07) is 20.9. The minimum absolute atomic E-state index is 0.195. The van der Waals surface area contributed by atoms with Crippen molar-refractivity contribution in [2.24, 2.45) is 0 Å². The Morgan fingerprint density at radius 1 is 0.718 bits per heavy atom. The van der Waals surface area contributed by atoms with Gasteiger partial charge in [0.05, 0.1) is 23.3 Å². The highest BCUT2D eigenvalue weighted by Gasteiger charge is 2.16. The number of hydrogen-bond donors (Lipinski definition) is 3. The summed E-state index contributed by atoms with van der Waals surface area (Å²) in [6.07, 6.45) is 10.5. The number of carbonyl (C=O) groups excluding carboxylic acids is 1. The van der Waals surface area contributed by atoms with E-state index in [0.29, 0.717) is 16.9 Å². The van der Waals surface area contributed by atoms with Gasteiger partial charge in [0, 0.05) is 69.5 Å². The average molecular weight is 509 g/mol. The Morgan fingerprint density at radius 2 is 1.59 bits per heavy atom. The second-order valence-electron chi connectivity index (χ2n) is 9.02. The van der Waals surface area contributed by atoms with Crippen molar-refractivity contribution in [3.8, 4) is 33.8 Å². The summed E-state index contributed by atoms with van der Waals surface area (Å²) in [7, 11) is 0. The summed E-state index contributed by atoms with van der Waals surface area (Å²) in [4.78, 5) is 33.9. The smallest absolute Gasteiger partial charge is 0.255 e. The molecule has 0 bridgehead atoms. The van der Waals surface area contributed by atoms with E-state index in [1.165, 1.54) is 0 Å². The van der Waals surface area contributed by atoms with Gasteiger partial charge in [-0.3, -0.25) is 24.8 Å². The third-order valence-corrected chi connectivity index (χ3v) is 6.52. The predicted octanol–water partition coefficient (Wildman–Crippen LogP) is 5.88. The van der Waals surface area contributed by atoms with Gasteiger partial charge in [0.1, 0.15) is 5.69 Å². The van der Waals surface area contributed by atoms with Gasteiger partial charge in [0.25, 0.3) is 5.91 Å². The van der Waals surface area contributed by atoms with Gasteiger partial charge >= 0.3 is 0 Å². The molecular weight excluding hydrogens is 488 g/mol. The molecule has 0 radical (unpaired) electrons. The van der Waals surface area contributed by atoms with Crippen LogP contribution in [0.25, 0.3) is 55.7 Å². The van der Waals surface area contributed by atoms with Crippen molar-refractivity contribution < 1.29 is 4.79 Å². The van der Waals surface area contributed by atoms with E-state index in [-0.39, 0.29) is 5.91 Å². The SMILES string of the molecule is O=C(Nc1cncc(-c2cnc3[nH]nc(-c4cc5c(-c6cccnc6)nccc5[nH]4)c3c2)c1)c1ccccc1. The summed E-state index contributed by atoms with van der Waals surface area (Å²) in [5.41, 5.74) is 7.84. The molecule has 6 heterocycles. The van der Waals surface area contributed by atoms with E-state index in [9.17, 15) is 4.79 Å². The first kappa shape index (κ1) is 22.5. The van der Waals surface area contributed by atoms with Crippen LogP contribution in [0.3, 0.4) is 0 Å². The number of aromatic nitrogens is 7. The maximum atomic E-state index is 12.6. The molecule has 7 rings (SSSR count). The molecule has 6 aromatic heterocycles. The molecule has 186 valence electrons. The van der Waals surface area contributed by atoms with Crippen molar-refractivity contribution in [1.29, 1.82) is 0 Å². The molecule has 0 atom stereocenters. The molecule has 0 spiro atoms. The van der Waals surface area contributed by atoms with Crippen LogP contribution in [0, 0.1) is 0 Å². The van der Waals surface area contributed by atoms with Crippen LogP contribution in [0.15, 0.2) is 104 Å². The number of rotatable bonds is 5. The molecule has 39 heavy (non-hydrogen) atoms. The Morgan fingerprint density at radius 3 is 2.46 bits per heavy atom. The number of anilines is 1. The molecular formula is C30H20N8O. The summed E-state index contributed by atoms with van der Waals surface area (Å²) in [6.45, 7) is 0. The van der Waals surface area contributed by atoms with Gasteiger partial charge in [0.2, 0.25) is 0 Å². The highest BCUT2D eigenvalue weighted by Crippen LogP contribution is 2.33. The van der Waals surface area contributed by atoms with Crippen LogP contribution in [-0.2, 0) is 0 Å². The number of H-pyrrole nitrogens is 2. The molecule has 0 saturated carbocycles. The van der Waals surface area contributed by atoms with Crippen molar-refractivity contribution in [2.75, 3.05) is 5.32 Å². The van der Waals surface area contributed by atoms with E-state index >= 15 is 0 Å². The van der Waals surface area contributed by atoms with Crippen LogP contribution in [0.4, 0.5) is 5.69 Å². The van der Waals surface area contributed by atoms with Gasteiger partial charge in [0.15, 0.2) is 5.65 Å². The fourth-order valence-corrected chi connectivity index (χ4v) is 4.64. The zero-order chi connectivity index (χ0) is 26.2. The Labute approximate surface area is 222 Å². The number of hydrogen-bond acceptors (Lipinski definition) is 6. The van der Waals surface area contributed by atoms with Crippen molar-refractivity contribution in [3.05, 3.63) is 109 Å². The molecule has 0 fully saturated rings. The Balaban J connectivity index is 1.25. The lowest BCUT2D eigenvalue weighted by Crippen LogP contribution is -2.11. The van der Waals surface area contributed by atoms with E-state index in [4.69, 9.17) is 0 Å². The summed E-state index contributed by atoms with van der Waals surface area (Å²) < 4.78 is 0. The number of benzene rings is 1. The molecule has 0 aliphatic carbocycles. The first-order valence-electron chi connectivity index (χ1n) is 12.3. The number of aromatic amines is 2. The number of fused-ring (bicyclic) bond motifs is 2. The first-order chi connectivity index (χ1) is 19.2. The molecule has 0 unspecified atom stereocenters. The third kappa shape index (κ3) is 4.17. The monoisotopic (exact) mass is 508 g/mol. The topological polar surface area (TPSA) is 125 Å². The number of nitrogens with zero attached hydrogens (tertiary/aromatic N) is 5. The zero-order valence-corrected chi connectivity index (χ0v) is 20.5. The standard InChI is InChI=1S/C30H20N8O/c39-30(18-5-2-1-3-6-18)35-22-11-20(15-32-17-22)21-12-24-28(37-38-29(24)34-16-21)26-13-23-25(36-26)8-10-33-27(23)19-7-4-9-31-14-19/h1-17,36H,(H,35,39)(H,34,37,38). The Bertz CT molecular complexity index is 1960. The van der Waals surface area contributed by atoms with Crippen LogP contribution in [-0.4, -0.2) is 41.0 Å². The number of nitrogens with one attached hydrogen (secondary N) is 3. The third-order valence-electron chi connectivity index (χ3n) is 6.52. The van der Waals surface area contributed by atoms with Crippen LogP contribution in [0.1, 0.15) is 10.4 Å². The van der Waals surface area contributed by atoms with E-state index in [2.05, 4.69) is 40.4 Å². The van der Waals surface area contributed by atoms with E-state index < -0.39 is 0 Å². The van der Waals surface area contributed by atoms with Crippen LogP contribution in [0.5, 0.6) is 0 Å². The highest BCUT2D eigenvalue weighted by atomic mass is 16.1. The lowest BCUT2D eigenvalue weighted by Gasteiger charge is -2.07. The molecule has 3 N–H and O–H groups in total. The number of amides is 1. The fraction of sp³-hybridized carbons (Fsp3) is 0. The number of pyridine rings is 4. The first-order valence-corrected chi connectivity index (χ1v) is 12.3.